The molecule has 1 fully saturated rings. The zero-order valence-corrected chi connectivity index (χ0v) is 16.4. The summed E-state index contributed by atoms with van der Waals surface area (Å²) < 4.78 is 6.71. The Balaban J connectivity index is 1.55. The van der Waals surface area contributed by atoms with E-state index in [1.807, 2.05) is 28.8 Å². The fourth-order valence-electron chi connectivity index (χ4n) is 4.31. The Morgan fingerprint density at radius 2 is 1.83 bits per heavy atom. The van der Waals surface area contributed by atoms with Crippen LogP contribution in [0.2, 0.25) is 5.02 Å². The molecule has 152 valence electrons. The van der Waals surface area contributed by atoms with E-state index in [-0.39, 0.29) is 29.9 Å². The van der Waals surface area contributed by atoms with Gasteiger partial charge >= 0.3 is 0 Å². The van der Waals surface area contributed by atoms with Gasteiger partial charge in [-0.25, -0.2) is 0 Å². The van der Waals surface area contributed by atoms with Gasteiger partial charge in [0.2, 0.25) is 5.91 Å². The molecular formula is C21H20ClN2O5-. The lowest BCUT2D eigenvalue weighted by Crippen LogP contribution is -2.50. The van der Waals surface area contributed by atoms with Crippen molar-refractivity contribution in [2.75, 3.05) is 26.3 Å². The first-order valence-corrected chi connectivity index (χ1v) is 9.85. The average molecular weight is 416 g/mol. The van der Waals surface area contributed by atoms with Gasteiger partial charge in [0.15, 0.2) is 0 Å². The highest BCUT2D eigenvalue weighted by Crippen LogP contribution is 2.35. The number of carbonyl (C=O) groups is 2. The Hall–Kier alpha value is -2.64. The molecule has 2 atom stereocenters. The van der Waals surface area contributed by atoms with Gasteiger partial charge in [-0.15, -0.1) is 0 Å². The number of carboxylic acids is 1. The highest BCUT2D eigenvalue weighted by Gasteiger charge is 2.36. The summed E-state index contributed by atoms with van der Waals surface area (Å²) in [6, 6.07) is 11.0. The van der Waals surface area contributed by atoms with Gasteiger partial charge in [-0.3, -0.25) is 9.59 Å². The monoisotopic (exact) mass is 415 g/mol. The molecule has 1 amide bonds. The van der Waals surface area contributed by atoms with E-state index in [2.05, 4.69) is 0 Å². The van der Waals surface area contributed by atoms with E-state index in [1.165, 1.54) is 0 Å². The van der Waals surface area contributed by atoms with Crippen LogP contribution in [-0.4, -0.2) is 47.6 Å². The molecule has 1 aromatic carbocycles. The molecule has 2 aliphatic rings. The lowest BCUT2D eigenvalue weighted by molar-refractivity contribution is -0.309. The van der Waals surface area contributed by atoms with Gasteiger partial charge in [0.05, 0.1) is 12.6 Å². The third-order valence-electron chi connectivity index (χ3n) is 5.56. The number of carbonyl (C=O) groups excluding carboxylic acids is 2. The summed E-state index contributed by atoms with van der Waals surface area (Å²) in [5.74, 6) is -1.35. The molecule has 0 saturated carbocycles. The average Bonchev–Trinajstić information content (AvgIpc) is 2.69. The Kier molecular flexibility index (Phi) is 5.43. The van der Waals surface area contributed by atoms with Gasteiger partial charge in [-0.05, 0) is 42.2 Å². The lowest BCUT2D eigenvalue weighted by Gasteiger charge is -2.42. The van der Waals surface area contributed by atoms with E-state index < -0.39 is 12.6 Å². The van der Waals surface area contributed by atoms with Crippen LogP contribution in [0.25, 0.3) is 11.1 Å². The molecule has 0 radical (unpaired) electrons. The molecule has 2 aliphatic heterocycles. The second-order valence-corrected chi connectivity index (χ2v) is 7.99. The van der Waals surface area contributed by atoms with Crippen LogP contribution in [-0.2, 0) is 20.9 Å². The number of ether oxygens (including phenoxy) is 1. The minimum Gasteiger partial charge on any atom is -0.548 e. The molecule has 0 unspecified atom stereocenters. The predicted molar refractivity (Wildman–Crippen MR) is 104 cm³/mol. The number of nitrogens with zero attached hydrogens (tertiary/aromatic N) is 2. The lowest BCUT2D eigenvalue weighted by atomic mass is 9.82. The fourth-order valence-corrected chi connectivity index (χ4v) is 4.44. The molecule has 2 bridgehead atoms. The van der Waals surface area contributed by atoms with Crippen LogP contribution in [0.15, 0.2) is 41.2 Å². The molecule has 29 heavy (non-hydrogen) atoms. The zero-order valence-electron chi connectivity index (χ0n) is 15.7. The molecule has 0 spiro atoms. The van der Waals surface area contributed by atoms with Crippen LogP contribution in [0.4, 0.5) is 0 Å². The maximum atomic E-state index is 13.1. The standard InChI is InChI=1S/C21H21ClN2O5/c22-16-3-1-14(2-4-16)17-5-6-18-15-7-13(9-24(18)21(17)28)8-23(10-15)19(25)11-29-12-20(26)27/h1-6,13,15H,7-12H2,(H,26,27)/p-1/t13-,15+/m0/s1. The Labute approximate surface area is 172 Å². The van der Waals surface area contributed by atoms with Gasteiger partial charge in [0.1, 0.15) is 6.61 Å². The van der Waals surface area contributed by atoms with E-state index >= 15 is 0 Å². The molecule has 0 N–H and O–H groups in total. The van der Waals surface area contributed by atoms with E-state index in [9.17, 15) is 19.5 Å². The molecule has 3 heterocycles. The highest BCUT2D eigenvalue weighted by molar-refractivity contribution is 6.30. The largest absolute Gasteiger partial charge is 0.548 e. The second-order valence-electron chi connectivity index (χ2n) is 7.56. The molecule has 4 rings (SSSR count). The van der Waals surface area contributed by atoms with Crippen molar-refractivity contribution in [3.05, 3.63) is 57.5 Å². The normalized spacial score (nSPS) is 20.2. The van der Waals surface area contributed by atoms with Crippen molar-refractivity contribution in [1.82, 2.24) is 9.47 Å². The summed E-state index contributed by atoms with van der Waals surface area (Å²) in [5.41, 5.74) is 2.36. The van der Waals surface area contributed by atoms with Crippen molar-refractivity contribution in [2.45, 2.75) is 18.9 Å². The SMILES string of the molecule is O=C([O-])COCC(=O)N1C[C@@H]2C[C@H](C1)c1ccc(-c3ccc(Cl)cc3)c(=O)n1C2. The molecular weight excluding hydrogens is 396 g/mol. The Bertz CT molecular complexity index is 1000. The van der Waals surface area contributed by atoms with Crippen LogP contribution in [0.5, 0.6) is 0 Å². The number of fused-ring (bicyclic) bond motifs is 4. The summed E-state index contributed by atoms with van der Waals surface area (Å²) in [4.78, 5) is 37.6. The van der Waals surface area contributed by atoms with E-state index in [0.717, 1.165) is 17.7 Å². The minimum atomic E-state index is -1.35. The number of benzene rings is 1. The zero-order chi connectivity index (χ0) is 20.5. The summed E-state index contributed by atoms with van der Waals surface area (Å²) in [5, 5.41) is 11.1. The highest BCUT2D eigenvalue weighted by atomic mass is 35.5. The number of aromatic nitrogens is 1. The van der Waals surface area contributed by atoms with Crippen molar-refractivity contribution in [3.63, 3.8) is 0 Å². The van der Waals surface area contributed by atoms with Gasteiger partial charge < -0.3 is 24.1 Å². The molecule has 2 aromatic rings. The first kappa shape index (κ1) is 19.7. The first-order chi connectivity index (χ1) is 13.9. The fraction of sp³-hybridized carbons (Fsp3) is 0.381. The van der Waals surface area contributed by atoms with Crippen LogP contribution in [0.3, 0.4) is 0 Å². The van der Waals surface area contributed by atoms with Crippen LogP contribution >= 0.6 is 11.6 Å². The number of pyridine rings is 1. The number of rotatable bonds is 5. The topological polar surface area (TPSA) is 91.7 Å². The van der Waals surface area contributed by atoms with Gasteiger partial charge in [-0.1, -0.05) is 23.7 Å². The number of aliphatic carboxylic acids is 1. The number of carboxylic acid groups (broad SMARTS) is 1. The second kappa shape index (κ2) is 8.00. The van der Waals surface area contributed by atoms with Gasteiger partial charge in [0.25, 0.3) is 5.56 Å². The molecule has 7 nitrogen and oxygen atoms in total. The van der Waals surface area contributed by atoms with Crippen molar-refractivity contribution in [2.24, 2.45) is 5.92 Å². The molecule has 8 heteroatoms. The number of halogens is 1. The molecule has 1 aromatic heterocycles. The van der Waals surface area contributed by atoms with Crippen LogP contribution in [0, 0.1) is 5.92 Å². The number of amides is 1. The smallest absolute Gasteiger partial charge is 0.258 e. The maximum Gasteiger partial charge on any atom is 0.258 e. The number of likely N-dealkylation sites (tertiary alicyclic amines) is 1. The van der Waals surface area contributed by atoms with Crippen LogP contribution < -0.4 is 10.7 Å². The predicted octanol–water partition coefficient (Wildman–Crippen LogP) is 0.881. The van der Waals surface area contributed by atoms with E-state index in [1.54, 1.807) is 17.0 Å². The van der Waals surface area contributed by atoms with E-state index in [0.29, 0.717) is 30.2 Å². The van der Waals surface area contributed by atoms with Crippen molar-refractivity contribution >= 4 is 23.5 Å². The Morgan fingerprint density at radius 3 is 2.55 bits per heavy atom. The summed E-state index contributed by atoms with van der Waals surface area (Å²) in [7, 11) is 0. The van der Waals surface area contributed by atoms with Gasteiger partial charge in [0, 0.05) is 41.8 Å². The summed E-state index contributed by atoms with van der Waals surface area (Å²) in [6.07, 6.45) is 0.920. The number of piperidine rings is 1. The summed E-state index contributed by atoms with van der Waals surface area (Å²) >= 11 is 5.95. The van der Waals surface area contributed by atoms with Crippen molar-refractivity contribution < 1.29 is 19.4 Å². The van der Waals surface area contributed by atoms with Crippen molar-refractivity contribution in [3.8, 4) is 11.1 Å². The maximum absolute atomic E-state index is 13.1. The molecule has 1 saturated heterocycles. The van der Waals surface area contributed by atoms with Gasteiger partial charge in [-0.2, -0.15) is 0 Å². The Morgan fingerprint density at radius 1 is 1.07 bits per heavy atom. The summed E-state index contributed by atoms with van der Waals surface area (Å²) in [6.45, 7) is 0.689. The number of hydrogen-bond donors (Lipinski definition) is 0. The molecule has 0 aliphatic carbocycles. The van der Waals surface area contributed by atoms with E-state index in [4.69, 9.17) is 16.3 Å². The third-order valence-corrected chi connectivity index (χ3v) is 5.81. The van der Waals surface area contributed by atoms with Crippen LogP contribution in [0.1, 0.15) is 18.0 Å². The van der Waals surface area contributed by atoms with Crippen molar-refractivity contribution in [1.29, 1.82) is 0 Å². The quantitative estimate of drug-likeness (QED) is 0.723. The third kappa shape index (κ3) is 4.06. The first-order valence-electron chi connectivity index (χ1n) is 9.47. The minimum absolute atomic E-state index is 0.0309. The number of hydrogen-bond acceptors (Lipinski definition) is 5.